The lowest BCUT2D eigenvalue weighted by Gasteiger charge is -2.09. The lowest BCUT2D eigenvalue weighted by molar-refractivity contribution is -0.122. The van der Waals surface area contributed by atoms with Crippen molar-refractivity contribution in [1.29, 1.82) is 0 Å². The van der Waals surface area contributed by atoms with Crippen molar-refractivity contribution in [3.63, 3.8) is 0 Å². The first-order chi connectivity index (χ1) is 11.5. The molecule has 1 fully saturated rings. The zero-order valence-electron chi connectivity index (χ0n) is 13.6. The lowest BCUT2D eigenvalue weighted by atomic mass is 10.2. The minimum absolute atomic E-state index is 0.109. The van der Waals surface area contributed by atoms with Crippen LogP contribution in [0.15, 0.2) is 42.5 Å². The second-order valence-electron chi connectivity index (χ2n) is 6.21. The molecule has 0 aromatic heterocycles. The van der Waals surface area contributed by atoms with E-state index in [1.807, 2.05) is 44.2 Å². The molecule has 2 N–H and O–H groups in total. The quantitative estimate of drug-likeness (QED) is 0.876. The van der Waals surface area contributed by atoms with E-state index in [0.717, 1.165) is 16.8 Å². The number of nitrogens with one attached hydrogen (secondary N) is 2. The fourth-order valence-corrected chi connectivity index (χ4v) is 2.79. The summed E-state index contributed by atoms with van der Waals surface area (Å²) in [6.07, 6.45) is 0.573. The minimum Gasteiger partial charge on any atom is -0.326 e. The van der Waals surface area contributed by atoms with Gasteiger partial charge in [0.25, 0.3) is 0 Å². The second-order valence-corrected chi connectivity index (χ2v) is 6.61. The Morgan fingerprint density at radius 1 is 0.958 bits per heavy atom. The average molecular weight is 343 g/mol. The molecule has 124 valence electrons. The Labute approximate surface area is 146 Å². The molecule has 2 unspecified atom stereocenters. The Balaban J connectivity index is 1.58. The third-order valence-electron chi connectivity index (χ3n) is 4.31. The molecule has 2 atom stereocenters. The zero-order chi connectivity index (χ0) is 17.3. The summed E-state index contributed by atoms with van der Waals surface area (Å²) in [6.45, 7) is 3.84. The van der Waals surface area contributed by atoms with Gasteiger partial charge in [-0.15, -0.1) is 0 Å². The summed E-state index contributed by atoms with van der Waals surface area (Å²) >= 11 is 6.06. The van der Waals surface area contributed by atoms with Crippen LogP contribution < -0.4 is 10.6 Å². The van der Waals surface area contributed by atoms with E-state index in [9.17, 15) is 9.59 Å². The molecule has 24 heavy (non-hydrogen) atoms. The number of amides is 2. The molecule has 2 amide bonds. The van der Waals surface area contributed by atoms with E-state index in [0.29, 0.717) is 17.1 Å². The van der Waals surface area contributed by atoms with Crippen molar-refractivity contribution in [2.75, 3.05) is 10.6 Å². The summed E-state index contributed by atoms with van der Waals surface area (Å²) in [5.41, 5.74) is 3.40. The Bertz CT molecular complexity index is 786. The number of anilines is 2. The first kappa shape index (κ1) is 16.5. The van der Waals surface area contributed by atoms with Crippen molar-refractivity contribution in [2.24, 2.45) is 11.8 Å². The minimum atomic E-state index is -0.283. The zero-order valence-corrected chi connectivity index (χ0v) is 14.4. The van der Waals surface area contributed by atoms with Gasteiger partial charge in [-0.2, -0.15) is 0 Å². The third kappa shape index (κ3) is 3.60. The summed E-state index contributed by atoms with van der Waals surface area (Å²) in [4.78, 5) is 24.6. The van der Waals surface area contributed by atoms with E-state index in [1.165, 1.54) is 0 Å². The highest BCUT2D eigenvalue weighted by Crippen LogP contribution is 2.40. The van der Waals surface area contributed by atoms with Crippen LogP contribution in [0.2, 0.25) is 5.02 Å². The maximum atomic E-state index is 12.3. The number of carbonyl (C=O) groups is 2. The van der Waals surface area contributed by atoms with E-state index >= 15 is 0 Å². The lowest BCUT2D eigenvalue weighted by Crippen LogP contribution is -2.20. The molecular formula is C19H19ClN2O2. The van der Waals surface area contributed by atoms with Gasteiger partial charge >= 0.3 is 0 Å². The summed E-state index contributed by atoms with van der Waals surface area (Å²) < 4.78 is 0. The van der Waals surface area contributed by atoms with E-state index in [2.05, 4.69) is 10.6 Å². The van der Waals surface area contributed by atoms with E-state index < -0.39 is 0 Å². The SMILES string of the molecule is Cc1ccc(NC(=O)C2CC2C(=O)Nc2cccc(Cl)c2C)cc1. The van der Waals surface area contributed by atoms with Gasteiger partial charge in [-0.05, 0) is 50.1 Å². The summed E-state index contributed by atoms with van der Waals surface area (Å²) in [5.74, 6) is -0.800. The van der Waals surface area contributed by atoms with Gasteiger partial charge in [0.2, 0.25) is 11.8 Å². The number of benzene rings is 2. The van der Waals surface area contributed by atoms with Crippen LogP contribution in [0.5, 0.6) is 0 Å². The molecule has 2 aromatic rings. The van der Waals surface area contributed by atoms with Gasteiger partial charge in [0, 0.05) is 16.4 Å². The molecule has 0 heterocycles. The Hall–Kier alpha value is -2.33. The molecule has 0 bridgehead atoms. The number of aryl methyl sites for hydroxylation is 1. The number of carbonyl (C=O) groups excluding carboxylic acids is 2. The first-order valence-corrected chi connectivity index (χ1v) is 8.27. The molecular weight excluding hydrogens is 324 g/mol. The van der Waals surface area contributed by atoms with Crippen molar-refractivity contribution in [3.8, 4) is 0 Å². The van der Waals surface area contributed by atoms with Gasteiger partial charge in [-0.25, -0.2) is 0 Å². The van der Waals surface area contributed by atoms with Gasteiger partial charge in [-0.3, -0.25) is 9.59 Å². The molecule has 4 nitrogen and oxygen atoms in total. The van der Waals surface area contributed by atoms with Crippen LogP contribution in [0, 0.1) is 25.7 Å². The van der Waals surface area contributed by atoms with Crippen LogP contribution in [0.1, 0.15) is 17.5 Å². The fraction of sp³-hybridized carbons (Fsp3) is 0.263. The predicted molar refractivity (Wildman–Crippen MR) is 96.2 cm³/mol. The van der Waals surface area contributed by atoms with Gasteiger partial charge in [0.15, 0.2) is 0 Å². The molecule has 1 aliphatic carbocycles. The van der Waals surface area contributed by atoms with E-state index in [1.54, 1.807) is 12.1 Å². The number of hydrogen-bond donors (Lipinski definition) is 2. The number of halogens is 1. The Morgan fingerprint density at radius 3 is 2.25 bits per heavy atom. The van der Waals surface area contributed by atoms with Crippen LogP contribution in [-0.2, 0) is 9.59 Å². The molecule has 0 saturated heterocycles. The largest absolute Gasteiger partial charge is 0.326 e. The van der Waals surface area contributed by atoms with Crippen LogP contribution in [0.25, 0.3) is 0 Å². The van der Waals surface area contributed by atoms with E-state index in [4.69, 9.17) is 11.6 Å². The van der Waals surface area contributed by atoms with Gasteiger partial charge < -0.3 is 10.6 Å². The average Bonchev–Trinajstić information content (AvgIpc) is 3.35. The highest BCUT2D eigenvalue weighted by atomic mass is 35.5. The maximum Gasteiger partial charge on any atom is 0.228 e. The molecule has 0 aliphatic heterocycles. The van der Waals surface area contributed by atoms with Crippen LogP contribution >= 0.6 is 11.6 Å². The molecule has 1 saturated carbocycles. The molecule has 1 aliphatic rings. The summed E-state index contributed by atoms with van der Waals surface area (Å²) in [6, 6.07) is 13.0. The number of rotatable bonds is 4. The van der Waals surface area contributed by atoms with Gasteiger partial charge in [0.1, 0.15) is 0 Å². The first-order valence-electron chi connectivity index (χ1n) is 7.89. The third-order valence-corrected chi connectivity index (χ3v) is 4.72. The standard InChI is InChI=1S/C19H19ClN2O2/c1-11-6-8-13(9-7-11)21-18(23)14-10-15(14)19(24)22-17-5-3-4-16(20)12(17)2/h3-9,14-15H,10H2,1-2H3,(H,21,23)(H,22,24). The molecule has 0 radical (unpaired) electrons. The molecule has 5 heteroatoms. The Kier molecular flexibility index (Phi) is 4.58. The monoisotopic (exact) mass is 342 g/mol. The highest BCUT2D eigenvalue weighted by molar-refractivity contribution is 6.31. The van der Waals surface area contributed by atoms with Gasteiger partial charge in [0.05, 0.1) is 11.8 Å². The van der Waals surface area contributed by atoms with Gasteiger partial charge in [-0.1, -0.05) is 35.4 Å². The van der Waals surface area contributed by atoms with Crippen LogP contribution in [0.4, 0.5) is 11.4 Å². The summed E-state index contributed by atoms with van der Waals surface area (Å²) in [5, 5.41) is 6.33. The maximum absolute atomic E-state index is 12.3. The Morgan fingerprint density at radius 2 is 1.58 bits per heavy atom. The van der Waals surface area contributed by atoms with Crippen molar-refractivity contribution in [2.45, 2.75) is 20.3 Å². The van der Waals surface area contributed by atoms with Crippen molar-refractivity contribution < 1.29 is 9.59 Å². The topological polar surface area (TPSA) is 58.2 Å². The highest BCUT2D eigenvalue weighted by Gasteiger charge is 2.48. The van der Waals surface area contributed by atoms with Crippen LogP contribution in [0.3, 0.4) is 0 Å². The molecule has 2 aromatic carbocycles. The van der Waals surface area contributed by atoms with Crippen LogP contribution in [-0.4, -0.2) is 11.8 Å². The second kappa shape index (κ2) is 6.65. The summed E-state index contributed by atoms with van der Waals surface area (Å²) in [7, 11) is 0. The predicted octanol–water partition coefficient (Wildman–Crippen LogP) is 4.17. The smallest absolute Gasteiger partial charge is 0.228 e. The fourth-order valence-electron chi connectivity index (χ4n) is 2.61. The normalized spacial score (nSPS) is 18.8. The molecule has 3 rings (SSSR count). The molecule has 0 spiro atoms. The van der Waals surface area contributed by atoms with Crippen molar-refractivity contribution in [1.82, 2.24) is 0 Å². The van der Waals surface area contributed by atoms with Crippen molar-refractivity contribution in [3.05, 3.63) is 58.6 Å². The van der Waals surface area contributed by atoms with E-state index in [-0.39, 0.29) is 23.7 Å². The van der Waals surface area contributed by atoms with Crippen molar-refractivity contribution >= 4 is 34.8 Å². The number of hydrogen-bond acceptors (Lipinski definition) is 2.